The zero-order chi connectivity index (χ0) is 14.6. The van der Waals surface area contributed by atoms with Gasteiger partial charge in [0.1, 0.15) is 5.82 Å². The lowest BCUT2D eigenvalue weighted by molar-refractivity contribution is -0.145. The Morgan fingerprint density at radius 3 is 2.63 bits per heavy atom. The minimum Gasteiger partial charge on any atom is -0.479 e. The summed E-state index contributed by atoms with van der Waals surface area (Å²) in [5.41, 5.74) is -1.54. The molecular weight excluding hydrogens is 321 g/mol. The first-order chi connectivity index (χ1) is 8.80. The molecule has 7 heteroatoms. The lowest BCUT2D eigenvalue weighted by Gasteiger charge is -2.25. The molecule has 104 valence electrons. The highest BCUT2D eigenvalue weighted by atomic mass is 79.9. The smallest absolute Gasteiger partial charge is 0.331 e. The quantitative estimate of drug-likeness (QED) is 0.861. The Morgan fingerprint density at radius 2 is 2.16 bits per heavy atom. The van der Waals surface area contributed by atoms with Crippen molar-refractivity contribution in [1.29, 1.82) is 0 Å². The number of carboxylic acid groups (broad SMARTS) is 1. The Kier molecular flexibility index (Phi) is 5.02. The van der Waals surface area contributed by atoms with E-state index in [1.54, 1.807) is 0 Å². The molecule has 1 aromatic rings. The second-order valence-corrected chi connectivity index (χ2v) is 5.01. The van der Waals surface area contributed by atoms with Crippen LogP contribution in [-0.4, -0.2) is 36.2 Å². The maximum atomic E-state index is 13.3. The van der Waals surface area contributed by atoms with Gasteiger partial charge in [0.05, 0.1) is 11.1 Å². The Labute approximate surface area is 117 Å². The first kappa shape index (κ1) is 15.6. The highest BCUT2D eigenvalue weighted by Gasteiger charge is 2.35. The highest BCUT2D eigenvalue weighted by Crippen LogP contribution is 2.17. The SMILES string of the molecule is COCC(C)(NC(=O)c1ccc(Br)c(F)c1)C(=O)O. The average molecular weight is 334 g/mol. The summed E-state index contributed by atoms with van der Waals surface area (Å²) >= 11 is 2.97. The van der Waals surface area contributed by atoms with Gasteiger partial charge in [0.25, 0.3) is 5.91 Å². The van der Waals surface area contributed by atoms with Crippen molar-refractivity contribution in [2.75, 3.05) is 13.7 Å². The number of halogens is 2. The van der Waals surface area contributed by atoms with Gasteiger partial charge in [-0.05, 0) is 41.1 Å². The zero-order valence-corrected chi connectivity index (χ0v) is 12.0. The Morgan fingerprint density at radius 1 is 1.53 bits per heavy atom. The number of rotatable bonds is 5. The van der Waals surface area contributed by atoms with Crippen molar-refractivity contribution in [3.63, 3.8) is 0 Å². The Balaban J connectivity index is 2.94. The van der Waals surface area contributed by atoms with Crippen LogP contribution in [0.5, 0.6) is 0 Å². The molecule has 0 heterocycles. The molecule has 1 unspecified atom stereocenters. The maximum absolute atomic E-state index is 13.3. The molecule has 19 heavy (non-hydrogen) atoms. The summed E-state index contributed by atoms with van der Waals surface area (Å²) in [6, 6.07) is 3.78. The van der Waals surface area contributed by atoms with Crippen LogP contribution >= 0.6 is 15.9 Å². The fourth-order valence-electron chi connectivity index (χ4n) is 1.40. The third-order valence-corrected chi connectivity index (χ3v) is 3.12. The molecule has 0 spiro atoms. The monoisotopic (exact) mass is 333 g/mol. The van der Waals surface area contributed by atoms with E-state index in [0.29, 0.717) is 0 Å². The fourth-order valence-corrected chi connectivity index (χ4v) is 1.65. The van der Waals surface area contributed by atoms with Crippen molar-refractivity contribution in [3.05, 3.63) is 34.1 Å². The first-order valence-electron chi connectivity index (χ1n) is 5.30. The summed E-state index contributed by atoms with van der Waals surface area (Å²) in [4.78, 5) is 23.0. The van der Waals surface area contributed by atoms with Crippen LogP contribution in [0.25, 0.3) is 0 Å². The zero-order valence-electron chi connectivity index (χ0n) is 10.4. The van der Waals surface area contributed by atoms with Crippen LogP contribution in [0, 0.1) is 5.82 Å². The largest absolute Gasteiger partial charge is 0.479 e. The van der Waals surface area contributed by atoms with Gasteiger partial charge in [-0.2, -0.15) is 0 Å². The van der Waals surface area contributed by atoms with Crippen molar-refractivity contribution in [2.24, 2.45) is 0 Å². The number of ether oxygens (including phenoxy) is 1. The van der Waals surface area contributed by atoms with Gasteiger partial charge in [0.2, 0.25) is 0 Å². The van der Waals surface area contributed by atoms with E-state index in [4.69, 9.17) is 9.84 Å². The van der Waals surface area contributed by atoms with E-state index >= 15 is 0 Å². The van der Waals surface area contributed by atoms with Crippen molar-refractivity contribution < 1.29 is 23.8 Å². The lowest BCUT2D eigenvalue weighted by atomic mass is 10.0. The molecule has 1 aromatic carbocycles. The van der Waals surface area contributed by atoms with Crippen molar-refractivity contribution in [2.45, 2.75) is 12.5 Å². The van der Waals surface area contributed by atoms with Gasteiger partial charge in [0.15, 0.2) is 5.54 Å². The van der Waals surface area contributed by atoms with Crippen LogP contribution in [0.3, 0.4) is 0 Å². The predicted molar refractivity (Wildman–Crippen MR) is 69.5 cm³/mol. The number of benzene rings is 1. The van der Waals surface area contributed by atoms with E-state index in [2.05, 4.69) is 21.2 Å². The summed E-state index contributed by atoms with van der Waals surface area (Å²) < 4.78 is 18.3. The number of nitrogens with one attached hydrogen (secondary N) is 1. The third kappa shape index (κ3) is 3.74. The molecule has 0 bridgehead atoms. The van der Waals surface area contributed by atoms with Gasteiger partial charge in [-0.25, -0.2) is 9.18 Å². The van der Waals surface area contributed by atoms with Crippen molar-refractivity contribution in [3.8, 4) is 0 Å². The van der Waals surface area contributed by atoms with E-state index in [9.17, 15) is 14.0 Å². The van der Waals surface area contributed by atoms with Gasteiger partial charge in [-0.3, -0.25) is 4.79 Å². The molecule has 0 aliphatic carbocycles. The Bertz CT molecular complexity index is 509. The molecule has 0 saturated carbocycles. The Hall–Kier alpha value is -1.47. The van der Waals surface area contributed by atoms with E-state index in [-0.39, 0.29) is 16.6 Å². The predicted octanol–water partition coefficient (Wildman–Crippen LogP) is 1.81. The second kappa shape index (κ2) is 6.12. The normalized spacial score (nSPS) is 13.7. The lowest BCUT2D eigenvalue weighted by Crippen LogP contribution is -2.55. The minimum absolute atomic E-state index is 0.0317. The van der Waals surface area contributed by atoms with Gasteiger partial charge in [0, 0.05) is 12.7 Å². The van der Waals surface area contributed by atoms with E-state index in [1.807, 2.05) is 0 Å². The summed E-state index contributed by atoms with van der Waals surface area (Å²) in [5, 5.41) is 11.4. The van der Waals surface area contributed by atoms with E-state index < -0.39 is 23.2 Å². The van der Waals surface area contributed by atoms with E-state index in [0.717, 1.165) is 6.07 Å². The molecule has 1 amide bonds. The molecular formula is C12H13BrFNO4. The highest BCUT2D eigenvalue weighted by molar-refractivity contribution is 9.10. The molecule has 2 N–H and O–H groups in total. The van der Waals surface area contributed by atoms with Crippen LogP contribution in [-0.2, 0) is 9.53 Å². The van der Waals surface area contributed by atoms with Gasteiger partial charge in [-0.1, -0.05) is 0 Å². The van der Waals surface area contributed by atoms with Gasteiger partial charge < -0.3 is 15.2 Å². The van der Waals surface area contributed by atoms with Gasteiger partial charge >= 0.3 is 5.97 Å². The number of amides is 1. The van der Waals surface area contributed by atoms with Crippen molar-refractivity contribution >= 4 is 27.8 Å². The number of hydrogen-bond donors (Lipinski definition) is 2. The summed E-state index contributed by atoms with van der Waals surface area (Å²) in [6.45, 7) is 1.11. The van der Waals surface area contributed by atoms with Crippen LogP contribution in [0.15, 0.2) is 22.7 Å². The summed E-state index contributed by atoms with van der Waals surface area (Å²) in [5.74, 6) is -2.52. The molecule has 1 rings (SSSR count). The average Bonchev–Trinajstić information content (AvgIpc) is 2.32. The summed E-state index contributed by atoms with van der Waals surface area (Å²) in [6.07, 6.45) is 0. The number of carboxylic acids is 1. The third-order valence-electron chi connectivity index (χ3n) is 2.48. The number of methoxy groups -OCH3 is 1. The number of hydrogen-bond acceptors (Lipinski definition) is 3. The van der Waals surface area contributed by atoms with Crippen LogP contribution in [0.4, 0.5) is 4.39 Å². The van der Waals surface area contributed by atoms with Crippen molar-refractivity contribution in [1.82, 2.24) is 5.32 Å². The molecule has 0 aliphatic rings. The fraction of sp³-hybridized carbons (Fsp3) is 0.333. The molecule has 5 nitrogen and oxygen atoms in total. The molecule has 0 fully saturated rings. The maximum Gasteiger partial charge on any atom is 0.331 e. The number of aliphatic carboxylic acids is 1. The number of carbonyl (C=O) groups is 2. The molecule has 1 atom stereocenters. The van der Waals surface area contributed by atoms with Crippen LogP contribution in [0.2, 0.25) is 0 Å². The standard InChI is InChI=1S/C12H13BrFNO4/c1-12(6-19-2,11(17)18)15-10(16)7-3-4-8(13)9(14)5-7/h3-5H,6H2,1-2H3,(H,15,16)(H,17,18). The van der Waals surface area contributed by atoms with Gasteiger partial charge in [-0.15, -0.1) is 0 Å². The van der Waals surface area contributed by atoms with Crippen LogP contribution < -0.4 is 5.32 Å². The van der Waals surface area contributed by atoms with Crippen LogP contribution in [0.1, 0.15) is 17.3 Å². The molecule has 0 aromatic heterocycles. The minimum atomic E-state index is -1.57. The topological polar surface area (TPSA) is 75.6 Å². The first-order valence-corrected chi connectivity index (χ1v) is 6.09. The molecule has 0 saturated heterocycles. The molecule has 0 radical (unpaired) electrons. The second-order valence-electron chi connectivity index (χ2n) is 4.15. The number of carbonyl (C=O) groups excluding carboxylic acids is 1. The summed E-state index contributed by atoms with van der Waals surface area (Å²) in [7, 11) is 1.33. The molecule has 0 aliphatic heterocycles. The van der Waals surface area contributed by atoms with E-state index in [1.165, 1.54) is 26.2 Å².